The number of carbonyl (C=O) groups is 1. The van der Waals surface area contributed by atoms with Gasteiger partial charge >= 0.3 is 6.09 Å². The molecule has 8 heteroatoms. The third-order valence-corrected chi connectivity index (χ3v) is 5.29. The third-order valence-electron chi connectivity index (χ3n) is 5.29. The Bertz CT molecular complexity index is 1060. The number of carboxylic acid groups (broad SMARTS) is 1. The van der Waals surface area contributed by atoms with Crippen molar-refractivity contribution in [3.8, 4) is 11.5 Å². The highest BCUT2D eigenvalue weighted by molar-refractivity contribution is 5.91. The first kappa shape index (κ1) is 19.8. The average molecular weight is 408 g/mol. The smallest absolute Gasteiger partial charge is 0.407 e. The molecule has 0 radical (unpaired) electrons. The topological polar surface area (TPSA) is 96.8 Å². The molecule has 1 aliphatic rings. The molecule has 0 bridgehead atoms. The summed E-state index contributed by atoms with van der Waals surface area (Å²) in [6.45, 7) is 3.00. The van der Waals surface area contributed by atoms with Crippen molar-refractivity contribution in [2.45, 2.75) is 25.9 Å². The molecule has 2 heterocycles. The predicted octanol–water partition coefficient (Wildman–Crippen LogP) is 4.21. The van der Waals surface area contributed by atoms with Gasteiger partial charge in [0, 0.05) is 37.0 Å². The van der Waals surface area contributed by atoms with Gasteiger partial charge in [-0.1, -0.05) is 0 Å². The van der Waals surface area contributed by atoms with Gasteiger partial charge in [0.1, 0.15) is 29.7 Å². The monoisotopic (exact) mass is 408 g/mol. The summed E-state index contributed by atoms with van der Waals surface area (Å²) >= 11 is 0. The molecule has 8 nitrogen and oxygen atoms in total. The van der Waals surface area contributed by atoms with Crippen molar-refractivity contribution < 1.29 is 19.4 Å². The van der Waals surface area contributed by atoms with Gasteiger partial charge in [0.05, 0.1) is 12.6 Å². The van der Waals surface area contributed by atoms with Crippen molar-refractivity contribution >= 4 is 28.5 Å². The predicted molar refractivity (Wildman–Crippen MR) is 114 cm³/mol. The van der Waals surface area contributed by atoms with E-state index in [1.165, 1.54) is 11.2 Å². The lowest BCUT2D eigenvalue weighted by molar-refractivity contribution is 0.0891. The molecule has 2 aromatic carbocycles. The summed E-state index contributed by atoms with van der Waals surface area (Å²) in [6.07, 6.45) is 2.08. The molecule has 1 saturated heterocycles. The average Bonchev–Trinajstić information content (AvgIpc) is 2.76. The largest absolute Gasteiger partial charge is 0.497 e. The molecule has 3 aromatic rings. The molecule has 0 spiro atoms. The number of nitrogens with zero attached hydrogens (tertiary/aromatic N) is 3. The number of likely N-dealkylation sites (tertiary alicyclic amines) is 1. The second-order valence-electron chi connectivity index (χ2n) is 7.30. The maximum Gasteiger partial charge on any atom is 0.407 e. The quantitative estimate of drug-likeness (QED) is 0.653. The number of ether oxygens (including phenoxy) is 2. The van der Waals surface area contributed by atoms with Crippen LogP contribution in [0.3, 0.4) is 0 Å². The Hall–Kier alpha value is -3.55. The second-order valence-corrected chi connectivity index (χ2v) is 7.30. The van der Waals surface area contributed by atoms with Gasteiger partial charge in [-0.2, -0.15) is 0 Å². The zero-order valence-corrected chi connectivity index (χ0v) is 17.0. The Morgan fingerprint density at radius 3 is 2.67 bits per heavy atom. The SMILES string of the molecule is COc1ccc2ncnc(Nc3ccc(OC4CCN(C(=O)O)CC4)c(C)c3)c2c1. The van der Waals surface area contributed by atoms with Crippen molar-refractivity contribution in [2.75, 3.05) is 25.5 Å². The lowest BCUT2D eigenvalue weighted by Gasteiger charge is -2.30. The second kappa shape index (κ2) is 8.44. The number of fused-ring (bicyclic) bond motifs is 1. The van der Waals surface area contributed by atoms with Crippen LogP contribution in [0.2, 0.25) is 0 Å². The number of aryl methyl sites for hydroxylation is 1. The molecule has 2 N–H and O–H groups in total. The Morgan fingerprint density at radius 1 is 1.17 bits per heavy atom. The molecule has 0 atom stereocenters. The van der Waals surface area contributed by atoms with Crippen LogP contribution in [-0.4, -0.2) is 52.4 Å². The van der Waals surface area contributed by atoms with Crippen molar-refractivity contribution in [1.82, 2.24) is 14.9 Å². The van der Waals surface area contributed by atoms with E-state index in [2.05, 4.69) is 15.3 Å². The number of benzene rings is 2. The maximum absolute atomic E-state index is 11.0. The van der Waals surface area contributed by atoms with E-state index in [-0.39, 0.29) is 6.10 Å². The van der Waals surface area contributed by atoms with E-state index in [0.717, 1.165) is 33.7 Å². The normalized spacial score (nSPS) is 14.5. The van der Waals surface area contributed by atoms with Gasteiger partial charge in [-0.25, -0.2) is 14.8 Å². The number of aromatic nitrogens is 2. The third kappa shape index (κ3) is 4.22. The number of hydrogen-bond acceptors (Lipinski definition) is 6. The van der Waals surface area contributed by atoms with E-state index >= 15 is 0 Å². The van der Waals surface area contributed by atoms with Crippen LogP contribution in [0.15, 0.2) is 42.7 Å². The number of rotatable bonds is 5. The molecule has 156 valence electrons. The summed E-state index contributed by atoms with van der Waals surface area (Å²) in [6, 6.07) is 11.6. The molecule has 1 aromatic heterocycles. The number of anilines is 2. The summed E-state index contributed by atoms with van der Waals surface area (Å²) in [4.78, 5) is 21.2. The molecular weight excluding hydrogens is 384 g/mol. The number of amides is 1. The highest BCUT2D eigenvalue weighted by atomic mass is 16.5. The Kier molecular flexibility index (Phi) is 5.56. The zero-order chi connectivity index (χ0) is 21.1. The summed E-state index contributed by atoms with van der Waals surface area (Å²) in [5.74, 6) is 2.26. The van der Waals surface area contributed by atoms with Gasteiger partial charge in [0.2, 0.25) is 0 Å². The summed E-state index contributed by atoms with van der Waals surface area (Å²) in [5, 5.41) is 13.3. The van der Waals surface area contributed by atoms with Crippen molar-refractivity contribution in [3.05, 3.63) is 48.3 Å². The van der Waals surface area contributed by atoms with Crippen LogP contribution in [0.4, 0.5) is 16.3 Å². The molecule has 0 aliphatic carbocycles. The first-order chi connectivity index (χ1) is 14.5. The molecular formula is C22H24N4O4. The van der Waals surface area contributed by atoms with Crippen LogP contribution in [0.5, 0.6) is 11.5 Å². The van der Waals surface area contributed by atoms with E-state index in [0.29, 0.717) is 31.7 Å². The number of nitrogens with one attached hydrogen (secondary N) is 1. The van der Waals surface area contributed by atoms with Crippen LogP contribution in [0.25, 0.3) is 10.9 Å². The minimum Gasteiger partial charge on any atom is -0.497 e. The highest BCUT2D eigenvalue weighted by Crippen LogP contribution is 2.30. The van der Waals surface area contributed by atoms with Gasteiger partial charge in [-0.15, -0.1) is 0 Å². The lowest BCUT2D eigenvalue weighted by Crippen LogP contribution is -2.41. The number of hydrogen-bond donors (Lipinski definition) is 2. The van der Waals surface area contributed by atoms with Crippen molar-refractivity contribution in [1.29, 1.82) is 0 Å². The molecule has 1 amide bonds. The number of piperidine rings is 1. The fourth-order valence-electron chi connectivity index (χ4n) is 3.60. The minimum absolute atomic E-state index is 0.0244. The fourth-order valence-corrected chi connectivity index (χ4v) is 3.60. The standard InChI is InChI=1S/C22H24N4O4/c1-14-11-15(3-6-20(14)30-16-7-9-26(10-8-16)22(27)28)25-21-18-12-17(29-2)4-5-19(18)23-13-24-21/h3-6,11-13,16H,7-10H2,1-2H3,(H,27,28)(H,23,24,25). The van der Waals surface area contributed by atoms with E-state index in [1.807, 2.05) is 43.3 Å². The first-order valence-corrected chi connectivity index (χ1v) is 9.84. The van der Waals surface area contributed by atoms with E-state index in [1.54, 1.807) is 7.11 Å². The molecule has 0 saturated carbocycles. The van der Waals surface area contributed by atoms with Gasteiger partial charge in [-0.3, -0.25) is 0 Å². The molecule has 1 aliphatic heterocycles. The minimum atomic E-state index is -0.866. The Labute approximate surface area is 174 Å². The van der Waals surface area contributed by atoms with Gasteiger partial charge in [-0.05, 0) is 48.9 Å². The fraction of sp³-hybridized carbons (Fsp3) is 0.318. The zero-order valence-electron chi connectivity index (χ0n) is 17.0. The summed E-state index contributed by atoms with van der Waals surface area (Å²) in [7, 11) is 1.63. The molecule has 0 unspecified atom stereocenters. The Balaban J connectivity index is 1.48. The van der Waals surface area contributed by atoms with Crippen LogP contribution < -0.4 is 14.8 Å². The van der Waals surface area contributed by atoms with E-state index in [4.69, 9.17) is 14.6 Å². The van der Waals surface area contributed by atoms with E-state index < -0.39 is 6.09 Å². The van der Waals surface area contributed by atoms with Gasteiger partial charge < -0.3 is 24.8 Å². The van der Waals surface area contributed by atoms with Crippen LogP contribution >= 0.6 is 0 Å². The summed E-state index contributed by atoms with van der Waals surface area (Å²) < 4.78 is 11.4. The maximum atomic E-state index is 11.0. The van der Waals surface area contributed by atoms with Crippen LogP contribution in [0, 0.1) is 6.92 Å². The van der Waals surface area contributed by atoms with E-state index in [9.17, 15) is 4.79 Å². The summed E-state index contributed by atoms with van der Waals surface area (Å²) in [5.41, 5.74) is 2.72. The van der Waals surface area contributed by atoms with Crippen molar-refractivity contribution in [3.63, 3.8) is 0 Å². The highest BCUT2D eigenvalue weighted by Gasteiger charge is 2.23. The van der Waals surface area contributed by atoms with Crippen LogP contribution in [0.1, 0.15) is 18.4 Å². The number of methoxy groups -OCH3 is 1. The Morgan fingerprint density at radius 2 is 1.97 bits per heavy atom. The van der Waals surface area contributed by atoms with Crippen molar-refractivity contribution in [2.24, 2.45) is 0 Å². The molecule has 1 fully saturated rings. The lowest BCUT2D eigenvalue weighted by atomic mass is 10.1. The molecule has 30 heavy (non-hydrogen) atoms. The first-order valence-electron chi connectivity index (χ1n) is 9.84. The molecule has 4 rings (SSSR count). The van der Waals surface area contributed by atoms with Gasteiger partial charge in [0.25, 0.3) is 0 Å². The van der Waals surface area contributed by atoms with Crippen LogP contribution in [-0.2, 0) is 0 Å². The van der Waals surface area contributed by atoms with Gasteiger partial charge in [0.15, 0.2) is 0 Å².